The van der Waals surface area contributed by atoms with Gasteiger partial charge in [0.15, 0.2) is 0 Å². The average molecular weight is 189 g/mol. The van der Waals surface area contributed by atoms with E-state index in [1.54, 1.807) is 12.7 Å². The average Bonchev–Trinajstić information content (AvgIpc) is 2.45. The molecule has 0 N–H and O–H groups in total. The van der Waals surface area contributed by atoms with Crippen LogP contribution in [0, 0.1) is 0 Å². The van der Waals surface area contributed by atoms with Gasteiger partial charge in [-0.2, -0.15) is 0 Å². The summed E-state index contributed by atoms with van der Waals surface area (Å²) >= 11 is 5.95. The Labute approximate surface area is 79.7 Å². The fourth-order valence-corrected chi connectivity index (χ4v) is 1.84. The van der Waals surface area contributed by atoms with E-state index >= 15 is 0 Å². The van der Waals surface area contributed by atoms with Gasteiger partial charge in [0.2, 0.25) is 0 Å². The second-order valence-electron chi connectivity index (χ2n) is 3.33. The van der Waals surface area contributed by atoms with E-state index in [2.05, 4.69) is 6.08 Å². The van der Waals surface area contributed by atoms with Crippen molar-refractivity contribution in [2.24, 2.45) is 0 Å². The Morgan fingerprint density at radius 3 is 3.00 bits per heavy atom. The molecule has 2 heteroatoms. The van der Waals surface area contributed by atoms with Crippen LogP contribution in [-0.4, -0.2) is 19.1 Å². The summed E-state index contributed by atoms with van der Waals surface area (Å²) in [4.78, 5) is 0. The third-order valence-electron chi connectivity index (χ3n) is 2.25. The van der Waals surface area contributed by atoms with Gasteiger partial charge in [-0.15, -0.1) is 11.6 Å². The van der Waals surface area contributed by atoms with Gasteiger partial charge in [0, 0.05) is 13.7 Å². The molecule has 0 aromatic heterocycles. The third-order valence-corrected chi connectivity index (χ3v) is 2.60. The van der Waals surface area contributed by atoms with Crippen LogP contribution in [0.2, 0.25) is 0 Å². The lowest BCUT2D eigenvalue weighted by Gasteiger charge is -2.00. The largest absolute Gasteiger partial charge is 0.385 e. The summed E-state index contributed by atoms with van der Waals surface area (Å²) in [5.41, 5.74) is 1.55. The van der Waals surface area contributed by atoms with Crippen molar-refractivity contribution < 1.29 is 4.74 Å². The molecule has 1 atom stereocenters. The van der Waals surface area contributed by atoms with Gasteiger partial charge in [0.25, 0.3) is 0 Å². The zero-order chi connectivity index (χ0) is 8.81. The Morgan fingerprint density at radius 1 is 1.58 bits per heavy atom. The monoisotopic (exact) mass is 188 g/mol. The summed E-state index contributed by atoms with van der Waals surface area (Å²) in [7, 11) is 1.75. The van der Waals surface area contributed by atoms with Crippen molar-refractivity contribution in [1.29, 1.82) is 0 Å². The minimum Gasteiger partial charge on any atom is -0.385 e. The van der Waals surface area contributed by atoms with Gasteiger partial charge < -0.3 is 4.74 Å². The fourth-order valence-electron chi connectivity index (χ4n) is 1.55. The molecule has 0 saturated carbocycles. The van der Waals surface area contributed by atoms with E-state index in [9.17, 15) is 0 Å². The van der Waals surface area contributed by atoms with Crippen molar-refractivity contribution in [3.05, 3.63) is 11.6 Å². The number of unbranched alkanes of at least 4 members (excludes halogenated alkanes) is 1. The van der Waals surface area contributed by atoms with Crippen LogP contribution in [-0.2, 0) is 4.74 Å². The molecule has 0 heterocycles. The minimum atomic E-state index is 0.308. The molecule has 0 radical (unpaired) electrons. The SMILES string of the molecule is COCCCCC1=CC(Cl)CC1. The van der Waals surface area contributed by atoms with Gasteiger partial charge in [0.05, 0.1) is 5.38 Å². The van der Waals surface area contributed by atoms with Gasteiger partial charge >= 0.3 is 0 Å². The summed E-state index contributed by atoms with van der Waals surface area (Å²) in [6.07, 6.45) is 8.19. The Morgan fingerprint density at radius 2 is 2.42 bits per heavy atom. The normalized spacial score (nSPS) is 22.8. The van der Waals surface area contributed by atoms with Crippen molar-refractivity contribution >= 4 is 11.6 Å². The highest BCUT2D eigenvalue weighted by Gasteiger charge is 2.11. The Kier molecular flexibility index (Phi) is 4.70. The number of hydrogen-bond acceptors (Lipinski definition) is 1. The first-order chi connectivity index (χ1) is 5.83. The van der Waals surface area contributed by atoms with E-state index in [1.807, 2.05) is 0 Å². The van der Waals surface area contributed by atoms with Crippen molar-refractivity contribution in [1.82, 2.24) is 0 Å². The minimum absolute atomic E-state index is 0.308. The molecule has 0 aromatic carbocycles. The first-order valence-electron chi connectivity index (χ1n) is 4.65. The van der Waals surface area contributed by atoms with E-state index in [-0.39, 0.29) is 0 Å². The maximum atomic E-state index is 5.95. The van der Waals surface area contributed by atoms with E-state index in [1.165, 1.54) is 25.7 Å². The third kappa shape index (κ3) is 3.59. The first kappa shape index (κ1) is 10.1. The molecule has 1 aliphatic carbocycles. The molecule has 1 nitrogen and oxygen atoms in total. The van der Waals surface area contributed by atoms with Gasteiger partial charge in [-0.3, -0.25) is 0 Å². The van der Waals surface area contributed by atoms with Crippen LogP contribution in [0.15, 0.2) is 11.6 Å². The lowest BCUT2D eigenvalue weighted by Crippen LogP contribution is -1.88. The summed E-state index contributed by atoms with van der Waals surface area (Å²) in [5.74, 6) is 0. The summed E-state index contributed by atoms with van der Waals surface area (Å²) in [5, 5.41) is 0.308. The molecule has 0 saturated heterocycles. The molecule has 0 amide bonds. The maximum absolute atomic E-state index is 5.95. The van der Waals surface area contributed by atoms with Gasteiger partial charge in [0.1, 0.15) is 0 Å². The van der Waals surface area contributed by atoms with Crippen LogP contribution in [0.3, 0.4) is 0 Å². The number of methoxy groups -OCH3 is 1. The Balaban J connectivity index is 2.03. The number of hydrogen-bond donors (Lipinski definition) is 0. The Bertz CT molecular complexity index is 154. The van der Waals surface area contributed by atoms with Gasteiger partial charge in [-0.05, 0) is 32.1 Å². The van der Waals surface area contributed by atoms with Crippen molar-refractivity contribution in [3.63, 3.8) is 0 Å². The molecule has 12 heavy (non-hydrogen) atoms. The van der Waals surface area contributed by atoms with E-state index < -0.39 is 0 Å². The predicted octanol–water partition coefficient (Wildman–Crippen LogP) is 3.13. The van der Waals surface area contributed by atoms with Crippen LogP contribution in [0.4, 0.5) is 0 Å². The summed E-state index contributed by atoms with van der Waals surface area (Å²) < 4.78 is 4.98. The molecule has 1 unspecified atom stereocenters. The highest BCUT2D eigenvalue weighted by atomic mass is 35.5. The lowest BCUT2D eigenvalue weighted by molar-refractivity contribution is 0.193. The number of ether oxygens (including phenoxy) is 1. The quantitative estimate of drug-likeness (QED) is 0.366. The van der Waals surface area contributed by atoms with E-state index in [0.717, 1.165) is 13.0 Å². The molecule has 0 fully saturated rings. The van der Waals surface area contributed by atoms with Gasteiger partial charge in [-0.1, -0.05) is 11.6 Å². The molecule has 1 rings (SSSR count). The van der Waals surface area contributed by atoms with E-state index in [0.29, 0.717) is 5.38 Å². The number of halogens is 1. The molecule has 0 aromatic rings. The topological polar surface area (TPSA) is 9.23 Å². The van der Waals surface area contributed by atoms with Gasteiger partial charge in [-0.25, -0.2) is 0 Å². The molecule has 70 valence electrons. The second-order valence-corrected chi connectivity index (χ2v) is 3.89. The standard InChI is InChI=1S/C10H17ClO/c1-12-7-3-2-4-9-5-6-10(11)8-9/h8,10H,2-7H2,1H3. The van der Waals surface area contributed by atoms with Crippen LogP contribution in [0.5, 0.6) is 0 Å². The summed E-state index contributed by atoms with van der Waals surface area (Å²) in [6, 6.07) is 0. The van der Waals surface area contributed by atoms with Crippen molar-refractivity contribution in [3.8, 4) is 0 Å². The molecule has 0 bridgehead atoms. The van der Waals surface area contributed by atoms with Crippen LogP contribution in [0.1, 0.15) is 32.1 Å². The number of allylic oxidation sites excluding steroid dienone is 2. The molecule has 1 aliphatic rings. The summed E-state index contributed by atoms with van der Waals surface area (Å²) in [6.45, 7) is 0.886. The number of alkyl halides is 1. The molecular weight excluding hydrogens is 172 g/mol. The van der Waals surface area contributed by atoms with E-state index in [4.69, 9.17) is 16.3 Å². The van der Waals surface area contributed by atoms with Crippen LogP contribution < -0.4 is 0 Å². The van der Waals surface area contributed by atoms with Crippen LogP contribution in [0.25, 0.3) is 0 Å². The smallest absolute Gasteiger partial charge is 0.0521 e. The van der Waals surface area contributed by atoms with Crippen molar-refractivity contribution in [2.45, 2.75) is 37.5 Å². The van der Waals surface area contributed by atoms with Crippen LogP contribution >= 0.6 is 11.6 Å². The molecule has 0 aliphatic heterocycles. The Hall–Kier alpha value is -0.0100. The molecule has 0 spiro atoms. The lowest BCUT2D eigenvalue weighted by atomic mass is 10.1. The highest BCUT2D eigenvalue weighted by molar-refractivity contribution is 6.22. The predicted molar refractivity (Wildman–Crippen MR) is 52.7 cm³/mol. The first-order valence-corrected chi connectivity index (χ1v) is 5.09. The number of rotatable bonds is 5. The zero-order valence-corrected chi connectivity index (χ0v) is 8.44. The zero-order valence-electron chi connectivity index (χ0n) is 7.68. The maximum Gasteiger partial charge on any atom is 0.0521 e. The fraction of sp³-hybridized carbons (Fsp3) is 0.800. The molecular formula is C10H17ClO. The second kappa shape index (κ2) is 5.60. The van der Waals surface area contributed by atoms with Crippen molar-refractivity contribution in [2.75, 3.05) is 13.7 Å². The highest BCUT2D eigenvalue weighted by Crippen LogP contribution is 2.26.